The highest BCUT2D eigenvalue weighted by Gasteiger charge is 2.27. The monoisotopic (exact) mass is 551 g/mol. The molecular formula is C27H27BrClN5O. The zero-order valence-electron chi connectivity index (χ0n) is 19.5. The Bertz CT molecular complexity index is 1330. The number of carbonyl (C=O) groups excluding carboxylic acids is 1. The number of carbonyl (C=O) groups is 1. The molecule has 180 valence electrons. The highest BCUT2D eigenvalue weighted by atomic mass is 79.9. The van der Waals surface area contributed by atoms with Crippen LogP contribution < -0.4 is 5.32 Å². The predicted molar refractivity (Wildman–Crippen MR) is 144 cm³/mol. The summed E-state index contributed by atoms with van der Waals surface area (Å²) in [6.07, 6.45) is 4.26. The van der Waals surface area contributed by atoms with Crippen LogP contribution in [-0.2, 0) is 11.2 Å². The van der Waals surface area contributed by atoms with E-state index in [2.05, 4.69) is 38.5 Å². The number of rotatable bonds is 6. The summed E-state index contributed by atoms with van der Waals surface area (Å²) < 4.78 is 2.63. The average molecular weight is 553 g/mol. The minimum absolute atomic E-state index is 0.0265. The molecule has 35 heavy (non-hydrogen) atoms. The maximum Gasteiger partial charge on any atom is 0.225 e. The molecule has 2 aromatic carbocycles. The number of aromatic nitrogens is 3. The summed E-state index contributed by atoms with van der Waals surface area (Å²) in [5, 5.41) is 8.80. The standard InChI is InChI=1S/C27H27BrClN5O/c1-18(15-19-7-3-2-4-8-19)27(35)33-13-11-20(12-14-33)31-25-16-24(21-9-5-6-10-23(21)29)32-26-22(28)17-30-34(25)26/h2-10,16-18,20,31H,11-15H2,1H3. The van der Waals surface area contributed by atoms with E-state index in [4.69, 9.17) is 16.6 Å². The summed E-state index contributed by atoms with van der Waals surface area (Å²) in [5.41, 5.74) is 3.59. The van der Waals surface area contributed by atoms with Crippen LogP contribution in [0.25, 0.3) is 16.9 Å². The normalized spacial score (nSPS) is 15.3. The molecule has 1 atom stereocenters. The number of benzene rings is 2. The zero-order chi connectivity index (χ0) is 24.4. The van der Waals surface area contributed by atoms with Crippen molar-refractivity contribution in [3.8, 4) is 11.3 Å². The molecule has 1 unspecified atom stereocenters. The summed E-state index contributed by atoms with van der Waals surface area (Å²) in [4.78, 5) is 19.8. The summed E-state index contributed by atoms with van der Waals surface area (Å²) in [6, 6.07) is 20.1. The fourth-order valence-electron chi connectivity index (χ4n) is 4.67. The molecule has 1 aliphatic rings. The summed E-state index contributed by atoms with van der Waals surface area (Å²) >= 11 is 10.0. The average Bonchev–Trinajstić information content (AvgIpc) is 3.26. The molecule has 0 aliphatic carbocycles. The molecular weight excluding hydrogens is 526 g/mol. The lowest BCUT2D eigenvalue weighted by Crippen LogP contribution is -2.44. The first-order chi connectivity index (χ1) is 17.0. The lowest BCUT2D eigenvalue weighted by molar-refractivity contribution is -0.135. The predicted octanol–water partition coefficient (Wildman–Crippen LogP) is 6.09. The maximum absolute atomic E-state index is 13.0. The summed E-state index contributed by atoms with van der Waals surface area (Å²) in [5.74, 6) is 1.06. The van der Waals surface area contributed by atoms with Gasteiger partial charge in [0.15, 0.2) is 5.65 Å². The zero-order valence-corrected chi connectivity index (χ0v) is 21.8. The van der Waals surface area contributed by atoms with Gasteiger partial charge in [0.1, 0.15) is 5.82 Å². The minimum atomic E-state index is -0.0265. The van der Waals surface area contributed by atoms with E-state index in [1.807, 2.05) is 64.9 Å². The lowest BCUT2D eigenvalue weighted by atomic mass is 9.97. The molecule has 1 saturated heterocycles. The summed E-state index contributed by atoms with van der Waals surface area (Å²) in [6.45, 7) is 3.51. The van der Waals surface area contributed by atoms with E-state index in [0.717, 1.165) is 59.5 Å². The molecule has 0 spiro atoms. The van der Waals surface area contributed by atoms with Gasteiger partial charge in [-0.15, -0.1) is 0 Å². The Morgan fingerprint density at radius 3 is 2.60 bits per heavy atom. The van der Waals surface area contributed by atoms with Crippen LogP contribution in [0.3, 0.4) is 0 Å². The van der Waals surface area contributed by atoms with Gasteiger partial charge >= 0.3 is 0 Å². The Kier molecular flexibility index (Phi) is 7.07. The second kappa shape index (κ2) is 10.4. The van der Waals surface area contributed by atoms with Crippen LogP contribution in [0.1, 0.15) is 25.3 Å². The fraction of sp³-hybridized carbons (Fsp3) is 0.296. The Morgan fingerprint density at radius 2 is 1.86 bits per heavy atom. The number of hydrogen-bond acceptors (Lipinski definition) is 4. The third-order valence-electron chi connectivity index (χ3n) is 6.54. The van der Waals surface area contributed by atoms with E-state index in [0.29, 0.717) is 5.02 Å². The number of fused-ring (bicyclic) bond motifs is 1. The molecule has 1 aliphatic heterocycles. The van der Waals surface area contributed by atoms with Crippen molar-refractivity contribution < 1.29 is 4.79 Å². The van der Waals surface area contributed by atoms with Gasteiger partial charge < -0.3 is 10.2 Å². The first-order valence-electron chi connectivity index (χ1n) is 11.9. The van der Waals surface area contributed by atoms with Crippen molar-refractivity contribution in [2.75, 3.05) is 18.4 Å². The van der Waals surface area contributed by atoms with Crippen LogP contribution in [0.15, 0.2) is 71.3 Å². The minimum Gasteiger partial charge on any atom is -0.367 e. The number of hydrogen-bond donors (Lipinski definition) is 1. The topological polar surface area (TPSA) is 62.5 Å². The number of nitrogens with zero attached hydrogens (tertiary/aromatic N) is 4. The van der Waals surface area contributed by atoms with E-state index in [1.54, 1.807) is 6.20 Å². The molecule has 5 rings (SSSR count). The van der Waals surface area contributed by atoms with E-state index in [9.17, 15) is 4.79 Å². The largest absolute Gasteiger partial charge is 0.367 e. The lowest BCUT2D eigenvalue weighted by Gasteiger charge is -2.34. The van der Waals surface area contributed by atoms with E-state index >= 15 is 0 Å². The molecule has 8 heteroatoms. The van der Waals surface area contributed by atoms with Crippen LogP contribution in [0.2, 0.25) is 5.02 Å². The van der Waals surface area contributed by atoms with Gasteiger partial charge in [0.05, 0.1) is 16.4 Å². The van der Waals surface area contributed by atoms with Crippen LogP contribution in [0.5, 0.6) is 0 Å². The molecule has 1 fully saturated rings. The number of amides is 1. The molecule has 3 heterocycles. The summed E-state index contributed by atoms with van der Waals surface area (Å²) in [7, 11) is 0. The number of halogens is 2. The van der Waals surface area contributed by atoms with Gasteiger partial charge in [-0.25, -0.2) is 4.98 Å². The first-order valence-corrected chi connectivity index (χ1v) is 13.0. The number of anilines is 1. The van der Waals surface area contributed by atoms with Crippen LogP contribution in [0.4, 0.5) is 5.82 Å². The fourth-order valence-corrected chi connectivity index (χ4v) is 5.25. The van der Waals surface area contributed by atoms with E-state index < -0.39 is 0 Å². The van der Waals surface area contributed by atoms with Gasteiger partial charge in [-0.3, -0.25) is 4.79 Å². The Balaban J connectivity index is 1.28. The molecule has 1 N–H and O–H groups in total. The third-order valence-corrected chi connectivity index (χ3v) is 7.43. The van der Waals surface area contributed by atoms with Crippen molar-refractivity contribution in [3.63, 3.8) is 0 Å². The molecule has 6 nitrogen and oxygen atoms in total. The first kappa shape index (κ1) is 23.8. The number of piperidine rings is 1. The van der Waals surface area contributed by atoms with Crippen molar-refractivity contribution in [2.45, 2.75) is 32.2 Å². The molecule has 2 aromatic heterocycles. The van der Waals surface area contributed by atoms with Crippen molar-refractivity contribution >= 4 is 44.9 Å². The quantitative estimate of drug-likeness (QED) is 0.314. The van der Waals surface area contributed by atoms with E-state index in [-0.39, 0.29) is 17.9 Å². The van der Waals surface area contributed by atoms with Crippen LogP contribution in [-0.4, -0.2) is 44.5 Å². The second-order valence-electron chi connectivity index (χ2n) is 9.07. The van der Waals surface area contributed by atoms with Gasteiger partial charge in [-0.2, -0.15) is 9.61 Å². The van der Waals surface area contributed by atoms with Gasteiger partial charge in [-0.1, -0.05) is 67.1 Å². The highest BCUT2D eigenvalue weighted by Crippen LogP contribution is 2.31. The number of likely N-dealkylation sites (tertiary alicyclic amines) is 1. The Morgan fingerprint density at radius 1 is 1.14 bits per heavy atom. The smallest absolute Gasteiger partial charge is 0.225 e. The SMILES string of the molecule is CC(Cc1ccccc1)C(=O)N1CCC(Nc2cc(-c3ccccc3Cl)nc3c(Br)cnn23)CC1. The van der Waals surface area contributed by atoms with Crippen molar-refractivity contribution in [1.82, 2.24) is 19.5 Å². The van der Waals surface area contributed by atoms with Crippen LogP contribution >= 0.6 is 27.5 Å². The van der Waals surface area contributed by atoms with Gasteiger partial charge in [-0.05, 0) is 46.8 Å². The molecule has 1 amide bonds. The molecule has 4 aromatic rings. The second-order valence-corrected chi connectivity index (χ2v) is 10.3. The molecule has 0 radical (unpaired) electrons. The van der Waals surface area contributed by atoms with Gasteiger partial charge in [0, 0.05) is 41.7 Å². The molecule has 0 bridgehead atoms. The van der Waals surface area contributed by atoms with Crippen LogP contribution in [0, 0.1) is 5.92 Å². The third kappa shape index (κ3) is 5.21. The van der Waals surface area contributed by atoms with Crippen molar-refractivity contribution in [1.29, 1.82) is 0 Å². The highest BCUT2D eigenvalue weighted by molar-refractivity contribution is 9.10. The van der Waals surface area contributed by atoms with Gasteiger partial charge in [0.25, 0.3) is 0 Å². The van der Waals surface area contributed by atoms with Crippen molar-refractivity contribution in [3.05, 3.63) is 81.9 Å². The maximum atomic E-state index is 13.0. The number of nitrogens with one attached hydrogen (secondary N) is 1. The van der Waals surface area contributed by atoms with Gasteiger partial charge in [0.2, 0.25) is 5.91 Å². The van der Waals surface area contributed by atoms with Crippen molar-refractivity contribution in [2.24, 2.45) is 5.92 Å². The Labute approximate surface area is 218 Å². The molecule has 0 saturated carbocycles. The van der Waals surface area contributed by atoms with E-state index in [1.165, 1.54) is 5.56 Å². The Hall–Kier alpha value is -2.90.